The Morgan fingerprint density at radius 3 is 2.73 bits per heavy atom. The first-order valence-electron chi connectivity index (χ1n) is 7.75. The normalized spacial score (nSPS) is 32.9. The van der Waals surface area contributed by atoms with Crippen LogP contribution in [0, 0.1) is 3.57 Å². The summed E-state index contributed by atoms with van der Waals surface area (Å²) in [5.74, 6) is 0.378. The Bertz CT molecular complexity index is 560. The standard InChI is InChI=1S/C17H22INO2S/c1-3-14(19-21-2)16-13(10-4-6-11(18)7-5-10)8-12-9-15(20)17(16)22-12/h4-7,12-13,15,17,19-20H,3,8-9H2,1-2H3/t12?,13-,15?,17+/m0/s1. The van der Waals surface area contributed by atoms with E-state index in [1.54, 1.807) is 7.11 Å². The molecule has 0 radical (unpaired) electrons. The molecule has 0 saturated carbocycles. The predicted molar refractivity (Wildman–Crippen MR) is 99.8 cm³/mol. The first kappa shape index (κ1) is 16.6. The molecule has 0 aliphatic carbocycles. The smallest absolute Gasteiger partial charge is 0.0708 e. The zero-order valence-electron chi connectivity index (χ0n) is 12.9. The van der Waals surface area contributed by atoms with Crippen molar-refractivity contribution in [2.75, 3.05) is 7.11 Å². The molecule has 2 unspecified atom stereocenters. The van der Waals surface area contributed by atoms with Crippen LogP contribution < -0.4 is 5.48 Å². The van der Waals surface area contributed by atoms with Crippen molar-refractivity contribution in [2.45, 2.75) is 48.7 Å². The molecule has 0 spiro atoms. The highest BCUT2D eigenvalue weighted by molar-refractivity contribution is 14.1. The van der Waals surface area contributed by atoms with Gasteiger partial charge in [-0.1, -0.05) is 19.1 Å². The van der Waals surface area contributed by atoms with Gasteiger partial charge in [0.15, 0.2) is 0 Å². The molecule has 3 nitrogen and oxygen atoms in total. The van der Waals surface area contributed by atoms with Crippen LogP contribution in [-0.4, -0.2) is 28.8 Å². The molecule has 0 aromatic heterocycles. The van der Waals surface area contributed by atoms with E-state index in [2.05, 4.69) is 59.3 Å². The van der Waals surface area contributed by atoms with Crippen LogP contribution in [0.2, 0.25) is 0 Å². The Labute approximate surface area is 150 Å². The summed E-state index contributed by atoms with van der Waals surface area (Å²) in [6, 6.07) is 8.80. The lowest BCUT2D eigenvalue weighted by molar-refractivity contribution is 0.113. The van der Waals surface area contributed by atoms with Crippen molar-refractivity contribution in [3.8, 4) is 0 Å². The minimum absolute atomic E-state index is 0.195. The second kappa shape index (κ2) is 7.11. The number of fused-ring (bicyclic) bond motifs is 2. The van der Waals surface area contributed by atoms with Crippen molar-refractivity contribution in [1.29, 1.82) is 0 Å². The van der Waals surface area contributed by atoms with Crippen molar-refractivity contribution >= 4 is 34.4 Å². The predicted octanol–water partition coefficient (Wildman–Crippen LogP) is 3.83. The molecule has 2 bridgehead atoms. The Balaban J connectivity index is 2.04. The third-order valence-electron chi connectivity index (χ3n) is 4.57. The van der Waals surface area contributed by atoms with Gasteiger partial charge in [0.2, 0.25) is 0 Å². The number of aliphatic hydroxyl groups is 1. The second-order valence-corrected chi connectivity index (χ2v) is 8.61. The lowest BCUT2D eigenvalue weighted by Crippen LogP contribution is -2.29. The molecule has 1 aromatic rings. The molecule has 22 heavy (non-hydrogen) atoms. The van der Waals surface area contributed by atoms with Gasteiger partial charge in [0.1, 0.15) is 0 Å². The Morgan fingerprint density at radius 1 is 1.36 bits per heavy atom. The number of hydrogen-bond acceptors (Lipinski definition) is 4. The first-order valence-corrected chi connectivity index (χ1v) is 9.77. The number of rotatable bonds is 4. The lowest BCUT2D eigenvalue weighted by atomic mass is 9.84. The van der Waals surface area contributed by atoms with Crippen LogP contribution in [0.5, 0.6) is 0 Å². The van der Waals surface area contributed by atoms with Crippen LogP contribution in [0.1, 0.15) is 37.7 Å². The fourth-order valence-electron chi connectivity index (χ4n) is 3.62. The van der Waals surface area contributed by atoms with E-state index in [-0.39, 0.29) is 11.4 Å². The van der Waals surface area contributed by atoms with Crippen LogP contribution >= 0.6 is 34.4 Å². The van der Waals surface area contributed by atoms with Gasteiger partial charge in [0.05, 0.1) is 18.5 Å². The van der Waals surface area contributed by atoms with Crippen LogP contribution in [0.4, 0.5) is 0 Å². The quantitative estimate of drug-likeness (QED) is 0.562. The molecule has 2 heterocycles. The van der Waals surface area contributed by atoms with E-state index in [9.17, 15) is 5.11 Å². The van der Waals surface area contributed by atoms with Crippen molar-refractivity contribution in [2.24, 2.45) is 0 Å². The molecule has 2 N–H and O–H groups in total. The number of halogens is 1. The maximum Gasteiger partial charge on any atom is 0.0708 e. The van der Waals surface area contributed by atoms with Gasteiger partial charge in [-0.3, -0.25) is 10.3 Å². The monoisotopic (exact) mass is 431 g/mol. The summed E-state index contributed by atoms with van der Waals surface area (Å²) in [6.07, 6.45) is 2.66. The van der Waals surface area contributed by atoms with Gasteiger partial charge in [-0.15, -0.1) is 11.8 Å². The molecule has 1 aromatic carbocycles. The third-order valence-corrected chi connectivity index (χ3v) is 6.92. The van der Waals surface area contributed by atoms with Crippen molar-refractivity contribution < 1.29 is 9.94 Å². The summed E-state index contributed by atoms with van der Waals surface area (Å²) < 4.78 is 1.26. The summed E-state index contributed by atoms with van der Waals surface area (Å²) in [5, 5.41) is 11.2. The number of allylic oxidation sites excluding steroid dienone is 1. The van der Waals surface area contributed by atoms with Crippen LogP contribution in [0.15, 0.2) is 35.5 Å². The van der Waals surface area contributed by atoms with E-state index < -0.39 is 0 Å². The van der Waals surface area contributed by atoms with Gasteiger partial charge in [0.25, 0.3) is 0 Å². The number of hydroxylamine groups is 1. The van der Waals surface area contributed by atoms with E-state index in [1.165, 1.54) is 14.7 Å². The minimum Gasteiger partial charge on any atom is -0.392 e. The van der Waals surface area contributed by atoms with Gasteiger partial charge in [-0.2, -0.15) is 0 Å². The molecule has 5 heteroatoms. The van der Waals surface area contributed by atoms with Gasteiger partial charge >= 0.3 is 0 Å². The molecule has 0 amide bonds. The fraction of sp³-hybridized carbons (Fsp3) is 0.529. The Kier molecular flexibility index (Phi) is 5.37. The largest absolute Gasteiger partial charge is 0.392 e. The summed E-state index contributed by atoms with van der Waals surface area (Å²) in [6.45, 7) is 2.14. The summed E-state index contributed by atoms with van der Waals surface area (Å²) >= 11 is 4.28. The van der Waals surface area contributed by atoms with Crippen molar-refractivity contribution in [3.05, 3.63) is 44.7 Å². The van der Waals surface area contributed by atoms with Crippen LogP contribution in [-0.2, 0) is 4.84 Å². The van der Waals surface area contributed by atoms with E-state index in [0.29, 0.717) is 11.2 Å². The fourth-order valence-corrected chi connectivity index (χ4v) is 5.75. The molecule has 120 valence electrons. The molecule has 4 atom stereocenters. The SMILES string of the molecule is CCC(NOC)=C1[C@H](c2ccc(I)cc2)CC2CC(O)[C@H]1S2. The molecule has 3 rings (SSSR count). The summed E-state index contributed by atoms with van der Waals surface area (Å²) in [5.41, 5.74) is 6.88. The topological polar surface area (TPSA) is 41.5 Å². The average Bonchev–Trinajstić information content (AvgIpc) is 2.81. The Hall–Kier alpha value is -0.240. The highest BCUT2D eigenvalue weighted by Crippen LogP contribution is 2.53. The average molecular weight is 431 g/mol. The van der Waals surface area contributed by atoms with E-state index >= 15 is 0 Å². The van der Waals surface area contributed by atoms with E-state index in [4.69, 9.17) is 4.84 Å². The van der Waals surface area contributed by atoms with Gasteiger partial charge in [-0.25, -0.2) is 0 Å². The molecule has 2 aliphatic rings. The van der Waals surface area contributed by atoms with Crippen LogP contribution in [0.25, 0.3) is 0 Å². The molecular formula is C17H22INO2S. The van der Waals surface area contributed by atoms with Gasteiger partial charge in [0, 0.05) is 20.4 Å². The van der Waals surface area contributed by atoms with Crippen molar-refractivity contribution in [1.82, 2.24) is 5.48 Å². The zero-order valence-corrected chi connectivity index (χ0v) is 15.9. The highest BCUT2D eigenvalue weighted by atomic mass is 127. The van der Waals surface area contributed by atoms with Gasteiger partial charge < -0.3 is 5.11 Å². The number of nitrogens with one attached hydrogen (secondary N) is 1. The van der Waals surface area contributed by atoms with Gasteiger partial charge in [-0.05, 0) is 65.1 Å². The van der Waals surface area contributed by atoms with Crippen molar-refractivity contribution in [3.63, 3.8) is 0 Å². The lowest BCUT2D eigenvalue weighted by Gasteiger charge is -2.34. The Morgan fingerprint density at radius 2 is 2.09 bits per heavy atom. The molecule has 2 fully saturated rings. The summed E-state index contributed by atoms with van der Waals surface area (Å²) in [7, 11) is 1.65. The number of thioether (sulfide) groups is 1. The molecule has 2 saturated heterocycles. The minimum atomic E-state index is -0.237. The van der Waals surface area contributed by atoms with Crippen LogP contribution in [0.3, 0.4) is 0 Å². The van der Waals surface area contributed by atoms with E-state index in [0.717, 1.165) is 25.0 Å². The third kappa shape index (κ3) is 3.18. The summed E-state index contributed by atoms with van der Waals surface area (Å²) in [4.78, 5) is 5.19. The second-order valence-electron chi connectivity index (χ2n) is 5.92. The number of hydrogen-bond donors (Lipinski definition) is 2. The highest BCUT2D eigenvalue weighted by Gasteiger charge is 2.45. The maximum absolute atomic E-state index is 10.5. The number of benzene rings is 1. The number of aliphatic hydroxyl groups excluding tert-OH is 1. The first-order chi connectivity index (χ1) is 10.6. The molecule has 2 aliphatic heterocycles. The molecular weight excluding hydrogens is 409 g/mol. The maximum atomic E-state index is 10.5. The van der Waals surface area contributed by atoms with E-state index in [1.807, 2.05) is 11.8 Å². The zero-order chi connectivity index (χ0) is 15.7.